The van der Waals surface area contributed by atoms with Gasteiger partial charge in [0.1, 0.15) is 11.0 Å². The average molecular weight is 245 g/mol. The van der Waals surface area contributed by atoms with Crippen LogP contribution in [0.4, 0.5) is 5.82 Å². The fraction of sp³-hybridized carbons (Fsp3) is 0.222. The second-order valence-corrected chi connectivity index (χ2v) is 5.57. The molecule has 1 aromatic rings. The van der Waals surface area contributed by atoms with Gasteiger partial charge in [-0.3, -0.25) is 0 Å². The standard InChI is InChI=1S/C9H9ClN2O2S/c10-8-2-1-3-9(12-8)11-7-4-5-15(13,14)6-7/h1-5,7H,6H2,(H,11,12). The molecule has 0 aliphatic carbocycles. The minimum atomic E-state index is -3.03. The Balaban J connectivity index is 2.09. The molecule has 0 fully saturated rings. The van der Waals surface area contributed by atoms with Gasteiger partial charge < -0.3 is 5.32 Å². The van der Waals surface area contributed by atoms with Gasteiger partial charge in [0.05, 0.1) is 11.8 Å². The van der Waals surface area contributed by atoms with E-state index in [0.717, 1.165) is 0 Å². The molecule has 80 valence electrons. The van der Waals surface area contributed by atoms with Crippen LogP contribution >= 0.6 is 11.6 Å². The first-order valence-corrected chi connectivity index (χ1v) is 6.44. The van der Waals surface area contributed by atoms with Gasteiger partial charge in [-0.05, 0) is 18.2 Å². The summed E-state index contributed by atoms with van der Waals surface area (Å²) in [7, 11) is -3.03. The molecule has 1 aliphatic rings. The van der Waals surface area contributed by atoms with Crippen molar-refractivity contribution in [2.75, 3.05) is 11.1 Å². The largest absolute Gasteiger partial charge is 0.363 e. The number of aromatic nitrogens is 1. The quantitative estimate of drug-likeness (QED) is 0.801. The molecule has 1 aliphatic heterocycles. The molecule has 0 bridgehead atoms. The average Bonchev–Trinajstić information content (AvgIpc) is 2.45. The second kappa shape index (κ2) is 3.83. The van der Waals surface area contributed by atoms with E-state index >= 15 is 0 Å². The molecule has 0 saturated heterocycles. The molecule has 2 rings (SSSR count). The van der Waals surface area contributed by atoms with Crippen LogP contribution in [0.1, 0.15) is 0 Å². The van der Waals surface area contributed by atoms with Crippen molar-refractivity contribution in [1.82, 2.24) is 4.98 Å². The second-order valence-electron chi connectivity index (χ2n) is 3.25. The molecule has 1 unspecified atom stereocenters. The maximum atomic E-state index is 11.1. The van der Waals surface area contributed by atoms with Crippen molar-refractivity contribution in [2.24, 2.45) is 0 Å². The molecule has 1 aromatic heterocycles. The van der Waals surface area contributed by atoms with Gasteiger partial charge in [0.2, 0.25) is 0 Å². The summed E-state index contributed by atoms with van der Waals surface area (Å²) in [4.78, 5) is 4.01. The van der Waals surface area contributed by atoms with Gasteiger partial charge in [-0.1, -0.05) is 17.7 Å². The summed E-state index contributed by atoms with van der Waals surface area (Å²) in [6.07, 6.45) is 1.61. The minimum absolute atomic E-state index is 0.0706. The monoisotopic (exact) mass is 244 g/mol. The fourth-order valence-electron chi connectivity index (χ4n) is 1.34. The summed E-state index contributed by atoms with van der Waals surface area (Å²) in [5.74, 6) is 0.649. The van der Waals surface area contributed by atoms with Gasteiger partial charge in [0.15, 0.2) is 9.84 Å². The van der Waals surface area contributed by atoms with E-state index in [9.17, 15) is 8.42 Å². The smallest absolute Gasteiger partial charge is 0.173 e. The minimum Gasteiger partial charge on any atom is -0.363 e. The molecule has 1 atom stereocenters. The molecule has 0 aromatic carbocycles. The molecule has 6 heteroatoms. The first-order valence-electron chi connectivity index (χ1n) is 4.35. The molecule has 1 N–H and O–H groups in total. The van der Waals surface area contributed by atoms with Crippen molar-refractivity contribution < 1.29 is 8.42 Å². The molecular weight excluding hydrogens is 236 g/mol. The lowest BCUT2D eigenvalue weighted by Gasteiger charge is -2.10. The normalized spacial score (nSPS) is 22.9. The van der Waals surface area contributed by atoms with Crippen LogP contribution in [0.3, 0.4) is 0 Å². The van der Waals surface area contributed by atoms with Crippen molar-refractivity contribution in [3.05, 3.63) is 34.8 Å². The lowest BCUT2D eigenvalue weighted by molar-refractivity contribution is 0.605. The molecule has 15 heavy (non-hydrogen) atoms. The van der Waals surface area contributed by atoms with E-state index in [2.05, 4.69) is 10.3 Å². The number of rotatable bonds is 2. The number of nitrogens with one attached hydrogen (secondary N) is 1. The van der Waals surface area contributed by atoms with Gasteiger partial charge in [0, 0.05) is 5.41 Å². The molecule has 4 nitrogen and oxygen atoms in total. The van der Waals surface area contributed by atoms with Gasteiger partial charge in [-0.15, -0.1) is 0 Å². The van der Waals surface area contributed by atoms with E-state index in [0.29, 0.717) is 11.0 Å². The van der Waals surface area contributed by atoms with Gasteiger partial charge in [-0.25, -0.2) is 13.4 Å². The Morgan fingerprint density at radius 3 is 2.87 bits per heavy atom. The zero-order chi connectivity index (χ0) is 10.9. The Bertz CT molecular complexity index is 499. The van der Waals surface area contributed by atoms with Gasteiger partial charge >= 0.3 is 0 Å². The fourth-order valence-corrected chi connectivity index (χ4v) is 2.74. The molecule has 0 amide bonds. The molecule has 0 radical (unpaired) electrons. The van der Waals surface area contributed by atoms with Gasteiger partial charge in [-0.2, -0.15) is 0 Å². The number of pyridine rings is 1. The zero-order valence-electron chi connectivity index (χ0n) is 7.72. The van der Waals surface area contributed by atoms with E-state index in [1.165, 1.54) is 5.41 Å². The number of halogens is 1. The Kier molecular flexibility index (Phi) is 2.67. The summed E-state index contributed by atoms with van der Waals surface area (Å²) in [5.41, 5.74) is 0. The SMILES string of the molecule is O=S1(=O)C=CC(Nc2cccc(Cl)n2)C1. The molecule has 0 spiro atoms. The van der Waals surface area contributed by atoms with Crippen LogP contribution in [0, 0.1) is 0 Å². The third kappa shape index (κ3) is 2.70. The predicted octanol–water partition coefficient (Wildman–Crippen LogP) is 1.46. The predicted molar refractivity (Wildman–Crippen MR) is 59.6 cm³/mol. The van der Waals surface area contributed by atoms with Crippen LogP contribution in [0.2, 0.25) is 5.15 Å². The Hall–Kier alpha value is -1.07. The van der Waals surface area contributed by atoms with Crippen molar-refractivity contribution in [3.63, 3.8) is 0 Å². The zero-order valence-corrected chi connectivity index (χ0v) is 9.29. The maximum Gasteiger partial charge on any atom is 0.173 e. The highest BCUT2D eigenvalue weighted by Gasteiger charge is 2.21. The first-order chi connectivity index (χ1) is 7.05. The highest BCUT2D eigenvalue weighted by atomic mass is 35.5. The number of hydrogen-bond acceptors (Lipinski definition) is 4. The highest BCUT2D eigenvalue weighted by molar-refractivity contribution is 7.94. The summed E-state index contributed by atoms with van der Waals surface area (Å²) >= 11 is 5.70. The first kappa shape index (κ1) is 10.4. The van der Waals surface area contributed by atoms with Crippen molar-refractivity contribution in [2.45, 2.75) is 6.04 Å². The number of nitrogens with zero attached hydrogens (tertiary/aromatic N) is 1. The van der Waals surface area contributed by atoms with Crippen molar-refractivity contribution in [1.29, 1.82) is 0 Å². The van der Waals surface area contributed by atoms with Crippen LogP contribution < -0.4 is 5.32 Å². The summed E-state index contributed by atoms with van der Waals surface area (Å²) in [5, 5.41) is 4.57. The Morgan fingerprint density at radius 2 is 2.27 bits per heavy atom. The highest BCUT2D eigenvalue weighted by Crippen LogP contribution is 2.15. The van der Waals surface area contributed by atoms with E-state index < -0.39 is 9.84 Å². The summed E-state index contributed by atoms with van der Waals surface area (Å²) in [6.45, 7) is 0. The maximum absolute atomic E-state index is 11.1. The number of sulfone groups is 1. The van der Waals surface area contributed by atoms with E-state index in [-0.39, 0.29) is 11.8 Å². The van der Waals surface area contributed by atoms with Crippen LogP contribution in [0.15, 0.2) is 29.7 Å². The van der Waals surface area contributed by atoms with Crippen molar-refractivity contribution >= 4 is 27.3 Å². The van der Waals surface area contributed by atoms with Gasteiger partial charge in [0.25, 0.3) is 0 Å². The Morgan fingerprint density at radius 1 is 1.47 bits per heavy atom. The Labute approximate surface area is 92.9 Å². The third-order valence-corrected chi connectivity index (χ3v) is 3.58. The summed E-state index contributed by atoms with van der Waals surface area (Å²) in [6, 6.07) is 4.93. The molecule has 2 heterocycles. The van der Waals surface area contributed by atoms with Crippen LogP contribution in [0.25, 0.3) is 0 Å². The molecule has 0 saturated carbocycles. The van der Waals surface area contributed by atoms with E-state index in [1.807, 2.05) is 0 Å². The van der Waals surface area contributed by atoms with E-state index in [4.69, 9.17) is 11.6 Å². The van der Waals surface area contributed by atoms with Crippen LogP contribution in [-0.2, 0) is 9.84 Å². The van der Waals surface area contributed by atoms with Crippen LogP contribution in [0.5, 0.6) is 0 Å². The third-order valence-electron chi connectivity index (χ3n) is 1.98. The number of anilines is 1. The summed E-state index contributed by atoms with van der Waals surface area (Å²) < 4.78 is 22.2. The topological polar surface area (TPSA) is 59.1 Å². The lowest BCUT2D eigenvalue weighted by Crippen LogP contribution is -2.21. The van der Waals surface area contributed by atoms with Crippen molar-refractivity contribution in [3.8, 4) is 0 Å². The number of hydrogen-bond donors (Lipinski definition) is 1. The van der Waals surface area contributed by atoms with Crippen LogP contribution in [-0.4, -0.2) is 25.2 Å². The molecular formula is C9H9ClN2O2S. The lowest BCUT2D eigenvalue weighted by atomic mass is 10.3. The van der Waals surface area contributed by atoms with E-state index in [1.54, 1.807) is 24.3 Å².